The number of esters is 1. The number of halogens is 6. The maximum atomic E-state index is 13.2. The molecule has 2 nitrogen and oxygen atoms in total. The lowest BCUT2D eigenvalue weighted by Crippen LogP contribution is -2.61. The van der Waals surface area contributed by atoms with E-state index < -0.39 is 35.8 Å². The molecule has 0 aromatic rings. The van der Waals surface area contributed by atoms with Crippen LogP contribution in [0, 0.1) is 23.2 Å². The Labute approximate surface area is 135 Å². The molecular formula is C16H20F6O2. The minimum Gasteiger partial charge on any atom is -0.439 e. The number of carbonyl (C=O) groups is 1. The van der Waals surface area contributed by atoms with Crippen molar-refractivity contribution in [2.45, 2.75) is 69.8 Å². The highest BCUT2D eigenvalue weighted by Gasteiger charge is 2.74. The fourth-order valence-electron chi connectivity index (χ4n) is 5.38. The Kier molecular flexibility index (Phi) is 3.92. The lowest BCUT2D eigenvalue weighted by Gasteiger charge is -2.55. The van der Waals surface area contributed by atoms with E-state index in [1.54, 1.807) is 0 Å². The predicted molar refractivity (Wildman–Crippen MR) is 71.8 cm³/mol. The van der Waals surface area contributed by atoms with Crippen molar-refractivity contribution in [3.8, 4) is 0 Å². The minimum absolute atomic E-state index is 0.219. The van der Waals surface area contributed by atoms with Gasteiger partial charge in [0.2, 0.25) is 0 Å². The second-order valence-corrected chi connectivity index (χ2v) is 7.76. The van der Waals surface area contributed by atoms with Crippen molar-refractivity contribution >= 4 is 5.97 Å². The van der Waals surface area contributed by atoms with Gasteiger partial charge in [-0.25, -0.2) is 0 Å². The Morgan fingerprint density at radius 3 is 1.58 bits per heavy atom. The Balaban J connectivity index is 1.89. The first-order valence-electron chi connectivity index (χ1n) is 8.29. The van der Waals surface area contributed by atoms with Crippen LogP contribution in [0.3, 0.4) is 0 Å². The predicted octanol–water partition coefficient (Wildman–Crippen LogP) is 5.02. The molecule has 0 atom stereocenters. The van der Waals surface area contributed by atoms with Gasteiger partial charge in [-0.2, -0.15) is 26.3 Å². The molecule has 4 fully saturated rings. The average Bonchev–Trinajstić information content (AvgIpc) is 2.40. The maximum absolute atomic E-state index is 13.2. The Hall–Kier alpha value is -0.950. The molecule has 0 aliphatic heterocycles. The first-order valence-corrected chi connectivity index (χ1v) is 8.29. The fraction of sp³-hybridized carbons (Fsp3) is 0.938. The third-order valence-corrected chi connectivity index (χ3v) is 6.15. The summed E-state index contributed by atoms with van der Waals surface area (Å²) in [5, 5.41) is 0. The molecule has 4 aliphatic carbocycles. The molecule has 0 N–H and O–H groups in total. The zero-order chi connectivity index (χ0) is 18.0. The molecule has 8 heteroatoms. The van der Waals surface area contributed by atoms with E-state index in [9.17, 15) is 31.1 Å². The SMILES string of the molecule is CCC(OC(=O)C12CC3CC(CC(C3)C1)C2)(C(F)(F)F)C(F)(F)F. The number of rotatable bonds is 3. The first kappa shape index (κ1) is 17.9. The van der Waals surface area contributed by atoms with Gasteiger partial charge < -0.3 is 4.74 Å². The number of hydrogen-bond donors (Lipinski definition) is 0. The topological polar surface area (TPSA) is 26.3 Å². The van der Waals surface area contributed by atoms with E-state index in [4.69, 9.17) is 0 Å². The van der Waals surface area contributed by atoms with Crippen LogP contribution >= 0.6 is 0 Å². The molecule has 0 heterocycles. The Morgan fingerprint density at radius 2 is 1.29 bits per heavy atom. The molecule has 4 saturated carbocycles. The largest absolute Gasteiger partial charge is 0.439 e. The molecule has 0 spiro atoms. The van der Waals surface area contributed by atoms with Crippen molar-refractivity contribution in [3.63, 3.8) is 0 Å². The zero-order valence-electron chi connectivity index (χ0n) is 13.3. The van der Waals surface area contributed by atoms with E-state index in [0.29, 0.717) is 19.3 Å². The number of alkyl halides is 6. The van der Waals surface area contributed by atoms with Crippen molar-refractivity contribution < 1.29 is 35.9 Å². The highest BCUT2D eigenvalue weighted by atomic mass is 19.4. The van der Waals surface area contributed by atoms with Crippen molar-refractivity contribution in [2.75, 3.05) is 0 Å². The molecule has 0 radical (unpaired) electrons. The zero-order valence-corrected chi connectivity index (χ0v) is 13.3. The van der Waals surface area contributed by atoms with Gasteiger partial charge in [-0.1, -0.05) is 6.92 Å². The highest BCUT2D eigenvalue weighted by molar-refractivity contribution is 5.78. The normalized spacial score (nSPS) is 36.0. The quantitative estimate of drug-likeness (QED) is 0.523. The van der Waals surface area contributed by atoms with Gasteiger partial charge in [0.1, 0.15) is 0 Å². The van der Waals surface area contributed by atoms with E-state index in [0.717, 1.165) is 26.2 Å². The highest BCUT2D eigenvalue weighted by Crippen LogP contribution is 2.61. The number of ether oxygens (including phenoxy) is 1. The van der Waals surface area contributed by atoms with Gasteiger partial charge in [0, 0.05) is 6.42 Å². The molecule has 4 bridgehead atoms. The van der Waals surface area contributed by atoms with Crippen LogP contribution in [0.2, 0.25) is 0 Å². The molecule has 138 valence electrons. The number of hydrogen-bond acceptors (Lipinski definition) is 2. The maximum Gasteiger partial charge on any atom is 0.437 e. The first-order chi connectivity index (χ1) is 10.9. The van der Waals surface area contributed by atoms with Crippen LogP contribution in [-0.2, 0) is 9.53 Å². The van der Waals surface area contributed by atoms with Crippen LogP contribution in [0.4, 0.5) is 26.3 Å². The molecule has 4 aliphatic rings. The van der Waals surface area contributed by atoms with Crippen molar-refractivity contribution in [3.05, 3.63) is 0 Å². The second kappa shape index (κ2) is 5.27. The van der Waals surface area contributed by atoms with E-state index in [1.165, 1.54) is 0 Å². The van der Waals surface area contributed by atoms with Gasteiger partial charge in [0.15, 0.2) is 0 Å². The van der Waals surface area contributed by atoms with E-state index in [1.807, 2.05) is 0 Å². The van der Waals surface area contributed by atoms with E-state index in [-0.39, 0.29) is 17.8 Å². The van der Waals surface area contributed by atoms with Crippen LogP contribution < -0.4 is 0 Å². The summed E-state index contributed by atoms with van der Waals surface area (Å²) in [7, 11) is 0. The van der Waals surface area contributed by atoms with Gasteiger partial charge in [-0.15, -0.1) is 0 Å². The molecule has 0 saturated heterocycles. The summed E-state index contributed by atoms with van der Waals surface area (Å²) in [4.78, 5) is 12.5. The van der Waals surface area contributed by atoms with Crippen LogP contribution in [-0.4, -0.2) is 23.9 Å². The second-order valence-electron chi connectivity index (χ2n) is 7.76. The smallest absolute Gasteiger partial charge is 0.437 e. The molecule has 0 amide bonds. The Morgan fingerprint density at radius 1 is 0.917 bits per heavy atom. The fourth-order valence-corrected chi connectivity index (χ4v) is 5.38. The summed E-state index contributed by atoms with van der Waals surface area (Å²) in [6.07, 6.45) is -8.94. The third kappa shape index (κ3) is 2.51. The Bertz CT molecular complexity index is 472. The van der Waals surface area contributed by atoms with E-state index >= 15 is 0 Å². The molecule has 24 heavy (non-hydrogen) atoms. The molecular weight excluding hydrogens is 338 g/mol. The summed E-state index contributed by atoms with van der Waals surface area (Å²) in [6.45, 7) is 0.744. The summed E-state index contributed by atoms with van der Waals surface area (Å²) in [5.74, 6) is -0.650. The van der Waals surface area contributed by atoms with Gasteiger partial charge in [0.25, 0.3) is 0 Å². The van der Waals surface area contributed by atoms with Crippen LogP contribution in [0.5, 0.6) is 0 Å². The molecule has 0 aromatic heterocycles. The van der Waals surface area contributed by atoms with Gasteiger partial charge in [-0.05, 0) is 56.3 Å². The third-order valence-electron chi connectivity index (χ3n) is 6.15. The van der Waals surface area contributed by atoms with Crippen molar-refractivity contribution in [1.29, 1.82) is 0 Å². The van der Waals surface area contributed by atoms with Crippen molar-refractivity contribution in [1.82, 2.24) is 0 Å². The van der Waals surface area contributed by atoms with Gasteiger partial charge in [0.05, 0.1) is 5.41 Å². The van der Waals surface area contributed by atoms with Crippen LogP contribution in [0.25, 0.3) is 0 Å². The monoisotopic (exact) mass is 358 g/mol. The average molecular weight is 358 g/mol. The van der Waals surface area contributed by atoms with Gasteiger partial charge in [-0.3, -0.25) is 4.79 Å². The standard InChI is InChI=1S/C16H20F6O2/c1-2-14(15(17,18)19,16(20,21)22)24-12(23)13-6-9-3-10(7-13)5-11(4-9)8-13/h9-11H,2-8H2,1H3. The molecule has 0 aromatic carbocycles. The minimum atomic E-state index is -5.70. The number of carbonyl (C=O) groups excluding carboxylic acids is 1. The molecule has 4 rings (SSSR count). The summed E-state index contributed by atoms with van der Waals surface area (Å²) < 4.78 is 83.6. The van der Waals surface area contributed by atoms with Crippen LogP contribution in [0.1, 0.15) is 51.9 Å². The lowest BCUT2D eigenvalue weighted by atomic mass is 9.49. The summed E-state index contributed by atoms with van der Waals surface area (Å²) in [5.41, 5.74) is -5.58. The molecule has 0 unspecified atom stereocenters. The van der Waals surface area contributed by atoms with Gasteiger partial charge >= 0.3 is 23.9 Å². The lowest BCUT2D eigenvalue weighted by molar-refractivity contribution is -0.373. The van der Waals surface area contributed by atoms with E-state index in [2.05, 4.69) is 4.74 Å². The summed E-state index contributed by atoms with van der Waals surface area (Å²) in [6, 6.07) is 0. The summed E-state index contributed by atoms with van der Waals surface area (Å²) >= 11 is 0. The van der Waals surface area contributed by atoms with Crippen LogP contribution in [0.15, 0.2) is 0 Å². The van der Waals surface area contributed by atoms with Crippen molar-refractivity contribution in [2.24, 2.45) is 23.2 Å².